The van der Waals surface area contributed by atoms with Gasteiger partial charge < -0.3 is 87.0 Å². The number of rotatable bonds is 29. The molecule has 0 bridgehead atoms. The molecule has 2 fully saturated rings. The maximum absolute atomic E-state index is 13.3. The first-order valence-corrected chi connectivity index (χ1v) is 23.1. The van der Waals surface area contributed by atoms with Crippen LogP contribution in [0.2, 0.25) is 0 Å². The predicted molar refractivity (Wildman–Crippen MR) is 243 cm³/mol. The summed E-state index contributed by atoms with van der Waals surface area (Å²) in [6.45, 7) is 3.49. The van der Waals surface area contributed by atoms with Gasteiger partial charge in [-0.05, 0) is 5.56 Å². The maximum Gasteiger partial charge on any atom is 0.407 e. The molecule has 2 aliphatic rings. The second-order valence-corrected chi connectivity index (χ2v) is 16.2. The topological polar surface area (TPSA) is 365 Å². The van der Waals surface area contributed by atoms with Gasteiger partial charge in [0, 0.05) is 55.0 Å². The van der Waals surface area contributed by atoms with E-state index in [2.05, 4.69) is 10.6 Å². The van der Waals surface area contributed by atoms with Gasteiger partial charge in [0.1, 0.15) is 57.8 Å². The SMILES string of the molecule is CC(=O)OC[C@H]1O[C@@H](O[C@H]2[C@H](OC(C)=O)[C@@H](OC(C)=O)[C@H](NC(=O)COCCOCCOCCN(CC(=O)O)C(=O)CNC(=O)OCc3ccccc3)O[C@@H]2COC(C)=O)[C@H](OC(C)=O)[C@@H](OC(C)=O)[C@H]1OC(C)=O. The van der Waals surface area contributed by atoms with E-state index in [1.54, 1.807) is 30.3 Å². The number of carbonyl (C=O) groups excluding carboxylic acids is 10. The van der Waals surface area contributed by atoms with Crippen LogP contribution in [0.1, 0.15) is 54.0 Å². The minimum Gasteiger partial charge on any atom is -0.480 e. The van der Waals surface area contributed by atoms with Gasteiger partial charge in [-0.25, -0.2) is 4.79 Å². The Morgan fingerprint density at radius 2 is 1.05 bits per heavy atom. The molecule has 29 nitrogen and oxygen atoms in total. The summed E-state index contributed by atoms with van der Waals surface area (Å²) in [5, 5.41) is 14.0. The summed E-state index contributed by atoms with van der Waals surface area (Å²) in [6, 6.07) is 8.81. The third kappa shape index (κ3) is 23.4. The quantitative estimate of drug-likeness (QED) is 0.0472. The Morgan fingerprint density at radius 3 is 1.60 bits per heavy atom. The standard InChI is InChI=1S/C46H63N3O26/c1-25(50)65-22-33-39(75-45-43(72-31(7)56)41(70-29(5)54)38(68-27(3)52)34(74-45)23-66-26(2)51)40(69-28(4)53)42(71-30(6)55)44(73-33)48-35(57)24-64-18-17-63-16-15-62-14-13-49(20-37(59)60)36(58)19-47-46(61)67-21-32-11-9-8-10-12-32/h8-12,33-34,38-45H,13-24H2,1-7H3,(H,47,61)(H,48,57)(H,59,60)/t33-,34-,38+,39-,40+,41+,42-,43-,44-,45+/m1/s1. The molecule has 10 atom stereocenters. The van der Waals surface area contributed by atoms with E-state index in [-0.39, 0.29) is 46.2 Å². The van der Waals surface area contributed by atoms with Crippen LogP contribution >= 0.6 is 0 Å². The second-order valence-electron chi connectivity index (χ2n) is 16.2. The van der Waals surface area contributed by atoms with Gasteiger partial charge in [0.05, 0.1) is 33.0 Å². The lowest BCUT2D eigenvalue weighted by Crippen LogP contribution is -2.69. The highest BCUT2D eigenvalue weighted by molar-refractivity contribution is 5.85. The van der Waals surface area contributed by atoms with Crippen LogP contribution in [0.3, 0.4) is 0 Å². The summed E-state index contributed by atoms with van der Waals surface area (Å²) in [4.78, 5) is 137. The zero-order valence-electron chi connectivity index (χ0n) is 42.2. The molecule has 75 heavy (non-hydrogen) atoms. The van der Waals surface area contributed by atoms with Crippen molar-refractivity contribution < 1.29 is 124 Å². The number of carboxylic acid groups (broad SMARTS) is 1. The molecule has 1 aromatic rings. The Hall–Kier alpha value is -7.05. The largest absolute Gasteiger partial charge is 0.480 e. The number of hydrogen-bond acceptors (Lipinski definition) is 25. The van der Waals surface area contributed by atoms with Gasteiger partial charge in [0.2, 0.25) is 11.8 Å². The molecule has 29 heteroatoms. The molecular weight excluding hydrogens is 1010 g/mol. The molecule has 0 radical (unpaired) electrons. The van der Waals surface area contributed by atoms with Crippen LogP contribution in [-0.2, 0) is 121 Å². The number of ether oxygens (including phenoxy) is 14. The molecule has 2 saturated heterocycles. The van der Waals surface area contributed by atoms with E-state index in [0.29, 0.717) is 0 Å². The fourth-order valence-electron chi connectivity index (χ4n) is 7.10. The summed E-state index contributed by atoms with van der Waals surface area (Å²) in [6.07, 6.45) is -17.9. The Balaban J connectivity index is 1.66. The monoisotopic (exact) mass is 1070 g/mol. The van der Waals surface area contributed by atoms with Crippen molar-refractivity contribution in [3.05, 3.63) is 35.9 Å². The summed E-state index contributed by atoms with van der Waals surface area (Å²) in [5.41, 5.74) is 0.726. The van der Waals surface area contributed by atoms with E-state index < -0.39 is 160 Å². The highest BCUT2D eigenvalue weighted by Crippen LogP contribution is 2.35. The van der Waals surface area contributed by atoms with Crippen LogP contribution < -0.4 is 10.6 Å². The van der Waals surface area contributed by atoms with Crippen LogP contribution in [0, 0.1) is 0 Å². The molecule has 0 aliphatic carbocycles. The molecule has 418 valence electrons. The number of esters is 7. The zero-order valence-corrected chi connectivity index (χ0v) is 42.2. The van der Waals surface area contributed by atoms with Gasteiger partial charge in [-0.15, -0.1) is 0 Å². The maximum atomic E-state index is 13.3. The number of aliphatic carboxylic acids is 1. The van der Waals surface area contributed by atoms with Crippen LogP contribution in [0.15, 0.2) is 30.3 Å². The highest BCUT2D eigenvalue weighted by Gasteiger charge is 2.57. The third-order valence-corrected chi connectivity index (χ3v) is 9.99. The molecular formula is C46H63N3O26. The number of nitrogens with zero attached hydrogens (tertiary/aromatic N) is 1. The fourth-order valence-corrected chi connectivity index (χ4v) is 7.10. The number of amides is 3. The molecule has 0 spiro atoms. The first kappa shape index (κ1) is 62.2. The van der Waals surface area contributed by atoms with Gasteiger partial charge in [-0.2, -0.15) is 0 Å². The van der Waals surface area contributed by atoms with Gasteiger partial charge >= 0.3 is 53.8 Å². The third-order valence-electron chi connectivity index (χ3n) is 9.99. The van der Waals surface area contributed by atoms with Crippen LogP contribution in [0.4, 0.5) is 4.79 Å². The molecule has 2 heterocycles. The Kier molecular flexibility index (Phi) is 26.8. The minimum absolute atomic E-state index is 0.00659. The summed E-state index contributed by atoms with van der Waals surface area (Å²) < 4.78 is 77.6. The number of benzene rings is 1. The summed E-state index contributed by atoms with van der Waals surface area (Å²) >= 11 is 0. The Labute approximate surface area is 429 Å². The average molecular weight is 1070 g/mol. The van der Waals surface area contributed by atoms with Crippen LogP contribution in [0.5, 0.6) is 0 Å². The molecule has 0 aromatic heterocycles. The van der Waals surface area contributed by atoms with Crippen molar-refractivity contribution in [1.82, 2.24) is 15.5 Å². The lowest BCUT2D eigenvalue weighted by Gasteiger charge is -2.48. The number of alkyl carbamates (subject to hydrolysis) is 1. The molecule has 2 aliphatic heterocycles. The zero-order chi connectivity index (χ0) is 55.6. The van der Waals surface area contributed by atoms with Gasteiger partial charge in [0.15, 0.2) is 43.0 Å². The second kappa shape index (κ2) is 32.3. The Morgan fingerprint density at radius 1 is 0.560 bits per heavy atom. The first-order valence-electron chi connectivity index (χ1n) is 23.1. The smallest absolute Gasteiger partial charge is 0.407 e. The summed E-state index contributed by atoms with van der Waals surface area (Å²) in [7, 11) is 0. The van der Waals surface area contributed by atoms with Crippen molar-refractivity contribution in [3.63, 3.8) is 0 Å². The molecule has 3 rings (SSSR count). The van der Waals surface area contributed by atoms with E-state index in [1.165, 1.54) is 0 Å². The van der Waals surface area contributed by atoms with E-state index >= 15 is 0 Å². The number of carbonyl (C=O) groups is 11. The van der Waals surface area contributed by atoms with E-state index in [9.17, 15) is 57.8 Å². The Bertz CT molecular complexity index is 2110. The van der Waals surface area contributed by atoms with E-state index in [0.717, 1.165) is 58.9 Å². The van der Waals surface area contributed by atoms with Crippen LogP contribution in [0.25, 0.3) is 0 Å². The number of hydrogen-bond donors (Lipinski definition) is 3. The molecule has 0 saturated carbocycles. The van der Waals surface area contributed by atoms with Gasteiger partial charge in [-0.3, -0.25) is 47.9 Å². The molecule has 3 N–H and O–H groups in total. The molecule has 0 unspecified atom stereocenters. The lowest BCUT2D eigenvalue weighted by atomic mass is 9.95. The predicted octanol–water partition coefficient (Wildman–Crippen LogP) is -1.39. The van der Waals surface area contributed by atoms with Crippen molar-refractivity contribution in [3.8, 4) is 0 Å². The summed E-state index contributed by atoms with van der Waals surface area (Å²) in [5.74, 6) is -9.30. The van der Waals surface area contributed by atoms with E-state index in [1.807, 2.05) is 0 Å². The average Bonchev–Trinajstić information content (AvgIpc) is 3.32. The normalized spacial score (nSPS) is 22.9. The van der Waals surface area contributed by atoms with Crippen molar-refractivity contribution in [1.29, 1.82) is 0 Å². The highest BCUT2D eigenvalue weighted by atomic mass is 16.8. The van der Waals surface area contributed by atoms with E-state index in [4.69, 9.17) is 66.3 Å². The van der Waals surface area contributed by atoms with Gasteiger partial charge in [-0.1, -0.05) is 30.3 Å². The minimum atomic E-state index is -1.91. The van der Waals surface area contributed by atoms with Crippen molar-refractivity contribution >= 4 is 65.7 Å². The van der Waals surface area contributed by atoms with Gasteiger partial charge in [0.25, 0.3) is 0 Å². The van der Waals surface area contributed by atoms with Crippen LogP contribution in [-0.4, -0.2) is 210 Å². The molecule has 3 amide bonds. The number of nitrogens with one attached hydrogen (secondary N) is 2. The van der Waals surface area contributed by atoms with Crippen molar-refractivity contribution in [2.24, 2.45) is 0 Å². The number of carboxylic acids is 1. The fraction of sp³-hybridized carbons (Fsp3) is 0.630. The lowest BCUT2D eigenvalue weighted by molar-refractivity contribution is -0.345. The van der Waals surface area contributed by atoms with Crippen molar-refractivity contribution in [2.75, 3.05) is 72.5 Å². The first-order chi connectivity index (χ1) is 35.5. The van der Waals surface area contributed by atoms with Crippen molar-refractivity contribution in [2.45, 2.75) is 116 Å². The molecule has 1 aromatic carbocycles.